The van der Waals surface area contributed by atoms with Crippen LogP contribution in [-0.2, 0) is 4.79 Å². The Morgan fingerprint density at radius 3 is 2.42 bits per heavy atom. The van der Waals surface area contributed by atoms with Crippen LogP contribution >= 0.6 is 0 Å². The highest BCUT2D eigenvalue weighted by Crippen LogP contribution is 2.27. The number of amides is 1. The van der Waals surface area contributed by atoms with Crippen LogP contribution in [0, 0.1) is 5.92 Å². The Kier molecular flexibility index (Phi) is 6.57. The van der Waals surface area contributed by atoms with E-state index < -0.39 is 0 Å². The first kappa shape index (κ1) is 15.7. The minimum absolute atomic E-state index is 0.0774. The third kappa shape index (κ3) is 4.67. The summed E-state index contributed by atoms with van der Waals surface area (Å²) in [4.78, 5) is 12.5. The van der Waals surface area contributed by atoms with Crippen molar-refractivity contribution >= 4 is 5.91 Å². The standard InChI is InChI=1S/C16H26N2O/c1-4-12(2)15(14-8-6-5-7-9-14)16(19)18-13(3)10-11-17/h5-9,12-13,15H,4,10-11,17H2,1-3H3,(H,18,19). The first-order valence-corrected chi connectivity index (χ1v) is 7.15. The molecule has 3 heteroatoms. The van der Waals surface area contributed by atoms with Crippen molar-refractivity contribution in [3.05, 3.63) is 35.9 Å². The number of nitrogens with two attached hydrogens (primary N) is 1. The van der Waals surface area contributed by atoms with Crippen LogP contribution in [0.1, 0.15) is 45.1 Å². The maximum Gasteiger partial charge on any atom is 0.228 e. The molecular weight excluding hydrogens is 236 g/mol. The molecule has 106 valence electrons. The van der Waals surface area contributed by atoms with Gasteiger partial charge in [0.25, 0.3) is 0 Å². The predicted octanol–water partition coefficient (Wildman–Crippen LogP) is 2.67. The zero-order chi connectivity index (χ0) is 14.3. The molecule has 0 aliphatic carbocycles. The van der Waals surface area contributed by atoms with Gasteiger partial charge in [-0.2, -0.15) is 0 Å². The van der Waals surface area contributed by atoms with Gasteiger partial charge in [-0.1, -0.05) is 50.6 Å². The molecule has 3 N–H and O–H groups in total. The molecule has 0 bridgehead atoms. The van der Waals surface area contributed by atoms with Crippen molar-refractivity contribution in [1.82, 2.24) is 5.32 Å². The number of carbonyl (C=O) groups is 1. The average Bonchev–Trinajstić information content (AvgIpc) is 2.40. The van der Waals surface area contributed by atoms with Crippen LogP contribution in [0.5, 0.6) is 0 Å². The molecule has 19 heavy (non-hydrogen) atoms. The smallest absolute Gasteiger partial charge is 0.228 e. The Morgan fingerprint density at radius 2 is 1.89 bits per heavy atom. The van der Waals surface area contributed by atoms with E-state index in [0.717, 1.165) is 18.4 Å². The highest BCUT2D eigenvalue weighted by Gasteiger charge is 2.26. The number of nitrogens with one attached hydrogen (secondary N) is 1. The Balaban J connectivity index is 2.83. The van der Waals surface area contributed by atoms with E-state index in [9.17, 15) is 4.79 Å². The molecule has 0 heterocycles. The second kappa shape index (κ2) is 7.95. The number of hydrogen-bond donors (Lipinski definition) is 2. The van der Waals surface area contributed by atoms with Gasteiger partial charge in [-0.3, -0.25) is 4.79 Å². The molecule has 0 aliphatic rings. The van der Waals surface area contributed by atoms with Gasteiger partial charge in [0.2, 0.25) is 5.91 Å². The van der Waals surface area contributed by atoms with Crippen LogP contribution in [0.15, 0.2) is 30.3 Å². The maximum absolute atomic E-state index is 12.5. The number of rotatable bonds is 7. The molecule has 0 saturated carbocycles. The molecule has 0 aromatic heterocycles. The van der Waals surface area contributed by atoms with Crippen molar-refractivity contribution in [3.63, 3.8) is 0 Å². The highest BCUT2D eigenvalue weighted by atomic mass is 16.1. The Labute approximate surface area is 116 Å². The van der Waals surface area contributed by atoms with Gasteiger partial charge < -0.3 is 11.1 Å². The molecule has 0 saturated heterocycles. The number of carbonyl (C=O) groups excluding carboxylic acids is 1. The van der Waals surface area contributed by atoms with E-state index in [4.69, 9.17) is 5.73 Å². The fraction of sp³-hybridized carbons (Fsp3) is 0.562. The van der Waals surface area contributed by atoms with E-state index in [2.05, 4.69) is 19.2 Å². The Bertz CT molecular complexity index is 378. The summed E-state index contributed by atoms with van der Waals surface area (Å²) in [6.07, 6.45) is 1.80. The molecule has 0 aliphatic heterocycles. The van der Waals surface area contributed by atoms with Crippen molar-refractivity contribution in [2.24, 2.45) is 11.7 Å². The molecule has 1 rings (SSSR count). The SMILES string of the molecule is CCC(C)C(C(=O)NC(C)CCN)c1ccccc1. The van der Waals surface area contributed by atoms with E-state index in [1.54, 1.807) is 0 Å². The van der Waals surface area contributed by atoms with E-state index in [0.29, 0.717) is 12.5 Å². The van der Waals surface area contributed by atoms with Gasteiger partial charge in [0.05, 0.1) is 5.92 Å². The molecule has 1 aromatic carbocycles. The number of hydrogen-bond acceptors (Lipinski definition) is 2. The van der Waals surface area contributed by atoms with Crippen molar-refractivity contribution in [1.29, 1.82) is 0 Å². The van der Waals surface area contributed by atoms with Crippen molar-refractivity contribution in [2.45, 2.75) is 45.6 Å². The molecule has 0 spiro atoms. The molecule has 0 radical (unpaired) electrons. The van der Waals surface area contributed by atoms with Crippen molar-refractivity contribution < 1.29 is 4.79 Å². The molecule has 1 aromatic rings. The molecular formula is C16H26N2O. The molecule has 3 unspecified atom stereocenters. The summed E-state index contributed by atoms with van der Waals surface area (Å²) in [5, 5.41) is 3.08. The van der Waals surface area contributed by atoms with E-state index >= 15 is 0 Å². The van der Waals surface area contributed by atoms with Crippen molar-refractivity contribution in [2.75, 3.05) is 6.54 Å². The third-order valence-electron chi connectivity index (χ3n) is 3.64. The van der Waals surface area contributed by atoms with E-state index in [1.165, 1.54) is 0 Å². The highest BCUT2D eigenvalue weighted by molar-refractivity contribution is 5.84. The predicted molar refractivity (Wildman–Crippen MR) is 79.9 cm³/mol. The zero-order valence-corrected chi connectivity index (χ0v) is 12.2. The molecule has 3 nitrogen and oxygen atoms in total. The molecule has 0 fully saturated rings. The number of benzene rings is 1. The summed E-state index contributed by atoms with van der Waals surface area (Å²) in [7, 11) is 0. The van der Waals surface area contributed by atoms with Gasteiger partial charge in [0.15, 0.2) is 0 Å². The van der Waals surface area contributed by atoms with Crippen LogP contribution in [0.2, 0.25) is 0 Å². The fourth-order valence-corrected chi connectivity index (χ4v) is 2.29. The third-order valence-corrected chi connectivity index (χ3v) is 3.64. The molecule has 3 atom stereocenters. The molecule has 1 amide bonds. The van der Waals surface area contributed by atoms with Gasteiger partial charge in [-0.15, -0.1) is 0 Å². The van der Waals surface area contributed by atoms with Gasteiger partial charge in [0.1, 0.15) is 0 Å². The summed E-state index contributed by atoms with van der Waals surface area (Å²) in [5.74, 6) is 0.361. The largest absolute Gasteiger partial charge is 0.353 e. The normalized spacial score (nSPS) is 15.6. The van der Waals surface area contributed by atoms with Crippen molar-refractivity contribution in [3.8, 4) is 0 Å². The second-order valence-electron chi connectivity index (χ2n) is 5.26. The van der Waals surface area contributed by atoms with Crippen LogP contribution in [0.3, 0.4) is 0 Å². The second-order valence-corrected chi connectivity index (χ2v) is 5.26. The lowest BCUT2D eigenvalue weighted by Gasteiger charge is -2.24. The zero-order valence-electron chi connectivity index (χ0n) is 12.2. The Morgan fingerprint density at radius 1 is 1.26 bits per heavy atom. The minimum atomic E-state index is -0.0774. The summed E-state index contributed by atoms with van der Waals surface area (Å²) in [6, 6.07) is 10.1. The van der Waals surface area contributed by atoms with Crippen LogP contribution in [0.25, 0.3) is 0 Å². The van der Waals surface area contributed by atoms with E-state index in [-0.39, 0.29) is 17.9 Å². The Hall–Kier alpha value is -1.35. The summed E-state index contributed by atoms with van der Waals surface area (Å²) >= 11 is 0. The van der Waals surface area contributed by atoms with Crippen LogP contribution in [0.4, 0.5) is 0 Å². The summed E-state index contributed by atoms with van der Waals surface area (Å²) in [5.41, 5.74) is 6.62. The van der Waals surface area contributed by atoms with E-state index in [1.807, 2.05) is 37.3 Å². The van der Waals surface area contributed by atoms with Crippen LogP contribution in [-0.4, -0.2) is 18.5 Å². The monoisotopic (exact) mass is 262 g/mol. The lowest BCUT2D eigenvalue weighted by atomic mass is 9.84. The summed E-state index contributed by atoms with van der Waals surface area (Å²) < 4.78 is 0. The first-order chi connectivity index (χ1) is 9.10. The quantitative estimate of drug-likeness (QED) is 0.793. The lowest BCUT2D eigenvalue weighted by Crippen LogP contribution is -2.39. The maximum atomic E-state index is 12.5. The van der Waals surface area contributed by atoms with Gasteiger partial charge in [-0.05, 0) is 31.4 Å². The minimum Gasteiger partial charge on any atom is -0.353 e. The topological polar surface area (TPSA) is 55.1 Å². The van der Waals surface area contributed by atoms with Gasteiger partial charge in [0, 0.05) is 6.04 Å². The summed E-state index contributed by atoms with van der Waals surface area (Å²) in [6.45, 7) is 6.85. The average molecular weight is 262 g/mol. The fourth-order valence-electron chi connectivity index (χ4n) is 2.29. The van der Waals surface area contributed by atoms with Gasteiger partial charge in [-0.25, -0.2) is 0 Å². The lowest BCUT2D eigenvalue weighted by molar-refractivity contribution is -0.124. The first-order valence-electron chi connectivity index (χ1n) is 7.15. The van der Waals surface area contributed by atoms with Gasteiger partial charge >= 0.3 is 0 Å². The van der Waals surface area contributed by atoms with Crippen LogP contribution < -0.4 is 11.1 Å².